The van der Waals surface area contributed by atoms with Crippen LogP contribution < -0.4 is 10.6 Å². The Balaban J connectivity index is 1.52. The first-order valence-electron chi connectivity index (χ1n) is 10.1. The van der Waals surface area contributed by atoms with Gasteiger partial charge in [0.15, 0.2) is 0 Å². The van der Waals surface area contributed by atoms with Gasteiger partial charge in [-0.1, -0.05) is 48.0 Å². The Hall–Kier alpha value is -3.93. The molecule has 0 atom stereocenters. The van der Waals surface area contributed by atoms with Crippen LogP contribution in [0.25, 0.3) is 10.9 Å². The number of hydrogen-bond donors (Lipinski definition) is 3. The predicted octanol–water partition coefficient (Wildman–Crippen LogP) is 5.06. The maximum Gasteiger partial charge on any atom is 0.257 e. The molecular formula is C25H23FN4O. The van der Waals surface area contributed by atoms with E-state index in [1.165, 1.54) is 6.07 Å². The zero-order chi connectivity index (χ0) is 21.6. The van der Waals surface area contributed by atoms with E-state index >= 15 is 0 Å². The minimum atomic E-state index is -0.420. The van der Waals surface area contributed by atoms with Crippen molar-refractivity contribution in [2.24, 2.45) is 4.99 Å². The van der Waals surface area contributed by atoms with Crippen molar-refractivity contribution in [1.29, 1.82) is 0 Å². The number of hydrogen-bond acceptors (Lipinski definition) is 2. The molecule has 0 unspecified atom stereocenters. The van der Waals surface area contributed by atoms with Crippen LogP contribution in [-0.2, 0) is 6.42 Å². The van der Waals surface area contributed by atoms with E-state index in [9.17, 15) is 9.18 Å². The van der Waals surface area contributed by atoms with Crippen LogP contribution >= 0.6 is 0 Å². The van der Waals surface area contributed by atoms with Crippen molar-refractivity contribution >= 4 is 28.5 Å². The van der Waals surface area contributed by atoms with Gasteiger partial charge in [0, 0.05) is 29.2 Å². The molecule has 156 valence electrons. The van der Waals surface area contributed by atoms with Crippen LogP contribution in [0, 0.1) is 12.7 Å². The van der Waals surface area contributed by atoms with Crippen LogP contribution in [0.15, 0.2) is 84.0 Å². The molecule has 0 saturated carbocycles. The number of carbonyl (C=O) groups is 1. The molecule has 0 aliphatic rings. The maximum absolute atomic E-state index is 14.1. The van der Waals surface area contributed by atoms with E-state index in [1.807, 2.05) is 43.5 Å². The van der Waals surface area contributed by atoms with Crippen LogP contribution in [0.4, 0.5) is 10.1 Å². The number of fused-ring (bicyclic) bond motifs is 1. The number of aryl methyl sites for hydroxylation is 1. The highest BCUT2D eigenvalue weighted by Crippen LogP contribution is 2.18. The molecule has 0 aliphatic carbocycles. The van der Waals surface area contributed by atoms with Crippen LogP contribution in [0.3, 0.4) is 0 Å². The molecule has 0 saturated heterocycles. The monoisotopic (exact) mass is 414 g/mol. The van der Waals surface area contributed by atoms with Gasteiger partial charge in [-0.3, -0.25) is 15.1 Å². The van der Waals surface area contributed by atoms with Gasteiger partial charge in [-0.15, -0.1) is 0 Å². The first kappa shape index (κ1) is 20.3. The van der Waals surface area contributed by atoms with E-state index in [0.29, 0.717) is 18.5 Å². The summed E-state index contributed by atoms with van der Waals surface area (Å²) in [5.74, 6) is -0.526. The lowest BCUT2D eigenvalue weighted by atomic mass is 10.1. The lowest BCUT2D eigenvalue weighted by Gasteiger charge is -2.12. The summed E-state index contributed by atoms with van der Waals surface area (Å²) in [5, 5.41) is 6.83. The second kappa shape index (κ2) is 9.26. The second-order valence-electron chi connectivity index (χ2n) is 7.26. The van der Waals surface area contributed by atoms with Crippen LogP contribution in [0.1, 0.15) is 21.5 Å². The molecular weight excluding hydrogens is 391 g/mol. The second-order valence-corrected chi connectivity index (χ2v) is 7.26. The zero-order valence-electron chi connectivity index (χ0n) is 17.2. The molecule has 0 fully saturated rings. The number of H-pyrrole nitrogens is 1. The number of carbonyl (C=O) groups excluding carboxylic acids is 1. The number of rotatable bonds is 5. The Bertz CT molecular complexity index is 1230. The van der Waals surface area contributed by atoms with Crippen LogP contribution in [0.5, 0.6) is 0 Å². The van der Waals surface area contributed by atoms with E-state index in [4.69, 9.17) is 0 Å². The van der Waals surface area contributed by atoms with Gasteiger partial charge >= 0.3 is 0 Å². The summed E-state index contributed by atoms with van der Waals surface area (Å²) in [6.07, 6.45) is 2.64. The normalized spacial score (nSPS) is 11.5. The molecule has 0 spiro atoms. The number of aromatic amines is 1. The molecule has 1 aromatic heterocycles. The molecule has 4 rings (SSSR count). The number of amides is 1. The summed E-state index contributed by atoms with van der Waals surface area (Å²) in [5.41, 5.74) is 4.02. The quantitative estimate of drug-likeness (QED) is 0.316. The predicted molar refractivity (Wildman–Crippen MR) is 123 cm³/mol. The highest BCUT2D eigenvalue weighted by Gasteiger charge is 2.11. The number of nitrogens with zero attached hydrogens (tertiary/aromatic N) is 1. The van der Waals surface area contributed by atoms with Gasteiger partial charge in [0.1, 0.15) is 5.82 Å². The van der Waals surface area contributed by atoms with Crippen molar-refractivity contribution in [2.75, 3.05) is 11.9 Å². The van der Waals surface area contributed by atoms with E-state index in [0.717, 1.165) is 22.0 Å². The van der Waals surface area contributed by atoms with Crippen molar-refractivity contribution in [3.05, 3.63) is 102 Å². The topological polar surface area (TPSA) is 69.3 Å². The average molecular weight is 414 g/mol. The number of guanidine groups is 1. The minimum Gasteiger partial charge on any atom is -0.361 e. The molecule has 31 heavy (non-hydrogen) atoms. The first-order valence-corrected chi connectivity index (χ1v) is 10.1. The highest BCUT2D eigenvalue weighted by atomic mass is 19.1. The van der Waals surface area contributed by atoms with Gasteiger partial charge in [0.25, 0.3) is 5.91 Å². The number of para-hydroxylation sites is 2. The van der Waals surface area contributed by atoms with Gasteiger partial charge in [-0.2, -0.15) is 0 Å². The zero-order valence-corrected chi connectivity index (χ0v) is 17.2. The fourth-order valence-electron chi connectivity index (χ4n) is 3.31. The third-order valence-electron chi connectivity index (χ3n) is 5.00. The Morgan fingerprint density at radius 3 is 2.55 bits per heavy atom. The fourth-order valence-corrected chi connectivity index (χ4v) is 3.31. The molecule has 5 nitrogen and oxygen atoms in total. The molecule has 6 heteroatoms. The molecule has 3 N–H and O–H groups in total. The Morgan fingerprint density at radius 2 is 1.74 bits per heavy atom. The summed E-state index contributed by atoms with van der Waals surface area (Å²) in [6, 6.07) is 21.6. The Morgan fingerprint density at radius 1 is 1.00 bits per heavy atom. The van der Waals surface area contributed by atoms with E-state index < -0.39 is 5.82 Å². The smallest absolute Gasteiger partial charge is 0.257 e. The Kier molecular flexibility index (Phi) is 6.08. The molecule has 0 aliphatic heterocycles. The summed E-state index contributed by atoms with van der Waals surface area (Å²) >= 11 is 0. The van der Waals surface area contributed by atoms with E-state index in [-0.39, 0.29) is 17.6 Å². The lowest BCUT2D eigenvalue weighted by Crippen LogP contribution is -2.36. The highest BCUT2D eigenvalue weighted by molar-refractivity contribution is 6.10. The third kappa shape index (κ3) is 4.98. The van der Waals surface area contributed by atoms with Crippen LogP contribution in [0.2, 0.25) is 0 Å². The standard InChI is InChI=1S/C25H23FN4O/c1-17-10-12-18(13-11-17)24(31)30-25(29-23-9-5-3-7-21(23)26)27-15-14-19-16-28-22-8-4-2-6-20(19)22/h2-13,16,28H,14-15H2,1H3,(H2,27,29,30,31). The lowest BCUT2D eigenvalue weighted by molar-refractivity contribution is 0.0977. The maximum atomic E-state index is 14.1. The number of halogens is 1. The molecule has 4 aromatic rings. The molecule has 1 heterocycles. The van der Waals surface area contributed by atoms with Crippen molar-refractivity contribution in [3.8, 4) is 0 Å². The van der Waals surface area contributed by atoms with E-state index in [1.54, 1.807) is 30.3 Å². The number of aromatic nitrogens is 1. The minimum absolute atomic E-state index is 0.204. The Labute approximate surface area is 180 Å². The van der Waals surface area contributed by atoms with Gasteiger partial charge in [0.05, 0.1) is 5.69 Å². The summed E-state index contributed by atoms with van der Waals surface area (Å²) in [4.78, 5) is 20.4. The SMILES string of the molecule is Cc1ccc(C(=O)NC(=NCCc2c[nH]c3ccccc23)Nc2ccccc2F)cc1. The number of benzene rings is 3. The van der Waals surface area contributed by atoms with Gasteiger partial charge in [0.2, 0.25) is 5.96 Å². The van der Waals surface area contributed by atoms with Gasteiger partial charge in [-0.25, -0.2) is 4.39 Å². The molecule has 1 amide bonds. The summed E-state index contributed by atoms with van der Waals surface area (Å²) in [6.45, 7) is 2.38. The number of nitrogens with one attached hydrogen (secondary N) is 3. The summed E-state index contributed by atoms with van der Waals surface area (Å²) < 4.78 is 14.1. The molecule has 0 radical (unpaired) electrons. The number of aliphatic imine (C=N–C) groups is 1. The third-order valence-corrected chi connectivity index (χ3v) is 5.00. The molecule has 3 aromatic carbocycles. The average Bonchev–Trinajstić information content (AvgIpc) is 3.19. The van der Waals surface area contributed by atoms with E-state index in [2.05, 4.69) is 26.7 Å². The van der Waals surface area contributed by atoms with Crippen LogP contribution in [-0.4, -0.2) is 23.4 Å². The largest absolute Gasteiger partial charge is 0.361 e. The van der Waals surface area contributed by atoms with Gasteiger partial charge < -0.3 is 10.3 Å². The molecule has 0 bridgehead atoms. The first-order chi connectivity index (χ1) is 15.1. The van der Waals surface area contributed by atoms with Crippen molar-refractivity contribution < 1.29 is 9.18 Å². The fraction of sp³-hybridized carbons (Fsp3) is 0.120. The van der Waals surface area contributed by atoms with Crippen molar-refractivity contribution in [1.82, 2.24) is 10.3 Å². The van der Waals surface area contributed by atoms with Crippen molar-refractivity contribution in [3.63, 3.8) is 0 Å². The number of anilines is 1. The van der Waals surface area contributed by atoms with Gasteiger partial charge in [-0.05, 0) is 49.2 Å². The van der Waals surface area contributed by atoms with Crippen molar-refractivity contribution in [2.45, 2.75) is 13.3 Å². The summed E-state index contributed by atoms with van der Waals surface area (Å²) in [7, 11) is 0.